The molecule has 0 saturated carbocycles. The van der Waals surface area contributed by atoms with Gasteiger partial charge in [0.1, 0.15) is 18.0 Å². The molecule has 0 spiro atoms. The van der Waals surface area contributed by atoms with Crippen molar-refractivity contribution in [3.63, 3.8) is 0 Å². The molecule has 27 heavy (non-hydrogen) atoms. The van der Waals surface area contributed by atoms with E-state index in [-0.39, 0.29) is 11.7 Å². The molecule has 0 bridgehead atoms. The maximum absolute atomic E-state index is 13.0. The first-order valence-electron chi connectivity index (χ1n) is 8.65. The highest BCUT2D eigenvalue weighted by atomic mass is 79.9. The molecule has 1 amide bonds. The zero-order valence-corrected chi connectivity index (χ0v) is 16.2. The summed E-state index contributed by atoms with van der Waals surface area (Å²) in [5, 5.41) is 12.1. The first-order valence-corrected chi connectivity index (χ1v) is 9.77. The molecule has 9 heteroatoms. The first kappa shape index (κ1) is 19.2. The maximum Gasteiger partial charge on any atom is 0.220 e. The van der Waals surface area contributed by atoms with Crippen molar-refractivity contribution in [1.82, 2.24) is 25.1 Å². The van der Waals surface area contributed by atoms with Crippen LogP contribution in [-0.4, -0.2) is 37.5 Å². The lowest BCUT2D eigenvalue weighted by Gasteiger charge is -2.08. The molecule has 2 aromatic heterocycles. The Kier molecular flexibility index (Phi) is 6.69. The number of alkyl halides is 1. The van der Waals surface area contributed by atoms with Crippen molar-refractivity contribution in [2.24, 2.45) is 0 Å². The van der Waals surface area contributed by atoms with Gasteiger partial charge in [0, 0.05) is 24.8 Å². The van der Waals surface area contributed by atoms with Crippen molar-refractivity contribution >= 4 is 38.7 Å². The Bertz CT molecular complexity index is 899. The van der Waals surface area contributed by atoms with Gasteiger partial charge < -0.3 is 10.6 Å². The van der Waals surface area contributed by atoms with Gasteiger partial charge in [-0.2, -0.15) is 5.10 Å². The quantitative estimate of drug-likeness (QED) is 0.505. The van der Waals surface area contributed by atoms with Crippen LogP contribution in [0.4, 0.5) is 10.2 Å². The summed E-state index contributed by atoms with van der Waals surface area (Å²) in [6, 6.07) is 6.30. The molecular formula is C18H20BrFN6O. The van der Waals surface area contributed by atoms with E-state index in [9.17, 15) is 9.18 Å². The summed E-state index contributed by atoms with van der Waals surface area (Å²) in [6.07, 6.45) is 4.49. The van der Waals surface area contributed by atoms with Crippen LogP contribution in [0.5, 0.6) is 0 Å². The number of halogens is 2. The Morgan fingerprint density at radius 1 is 1.22 bits per heavy atom. The van der Waals surface area contributed by atoms with E-state index in [0.717, 1.165) is 22.7 Å². The van der Waals surface area contributed by atoms with Crippen molar-refractivity contribution in [2.45, 2.75) is 25.9 Å². The minimum absolute atomic E-state index is 0.0298. The van der Waals surface area contributed by atoms with E-state index in [0.29, 0.717) is 37.5 Å². The summed E-state index contributed by atoms with van der Waals surface area (Å²) in [5.41, 5.74) is 1.64. The lowest BCUT2D eigenvalue weighted by atomic mass is 10.2. The summed E-state index contributed by atoms with van der Waals surface area (Å²) in [7, 11) is 0. The minimum Gasteiger partial charge on any atom is -0.365 e. The Labute approximate surface area is 164 Å². The van der Waals surface area contributed by atoms with Crippen molar-refractivity contribution in [3.05, 3.63) is 48.2 Å². The van der Waals surface area contributed by atoms with E-state index in [1.165, 1.54) is 18.5 Å². The number of aromatic nitrogens is 4. The van der Waals surface area contributed by atoms with Crippen molar-refractivity contribution < 1.29 is 9.18 Å². The van der Waals surface area contributed by atoms with Gasteiger partial charge in [0.2, 0.25) is 5.91 Å². The van der Waals surface area contributed by atoms with Crippen molar-refractivity contribution in [1.29, 1.82) is 0 Å². The molecule has 0 saturated heterocycles. The molecule has 3 aromatic rings. The number of carbonyl (C=O) groups is 1. The summed E-state index contributed by atoms with van der Waals surface area (Å²) in [6.45, 7) is 1.53. The van der Waals surface area contributed by atoms with Gasteiger partial charge in [-0.25, -0.2) is 19.0 Å². The number of nitrogens with one attached hydrogen (secondary N) is 2. The van der Waals surface area contributed by atoms with Crippen LogP contribution in [-0.2, 0) is 17.9 Å². The van der Waals surface area contributed by atoms with Crippen LogP contribution < -0.4 is 10.6 Å². The Morgan fingerprint density at radius 2 is 2.04 bits per heavy atom. The fraction of sp³-hybridized carbons (Fsp3) is 0.333. The summed E-state index contributed by atoms with van der Waals surface area (Å²) < 4.78 is 14.7. The highest BCUT2D eigenvalue weighted by Crippen LogP contribution is 2.19. The number of hydrogen-bond donors (Lipinski definition) is 2. The maximum atomic E-state index is 13.0. The SMILES string of the molecule is O=C(CCCBr)NCCn1ncc2c(NCc3ccc(F)cc3)ncnc21. The molecule has 2 N–H and O–H groups in total. The molecule has 0 radical (unpaired) electrons. The standard InChI is InChI=1S/C18H20BrFN6O/c19-7-1-2-16(27)21-8-9-26-18-15(11-25-26)17(23-12-24-18)22-10-13-3-5-14(20)6-4-13/h3-6,11-12H,1-2,7-10H2,(H,21,27)(H,22,23,24). The highest BCUT2D eigenvalue weighted by Gasteiger charge is 2.10. The van der Waals surface area contributed by atoms with E-state index < -0.39 is 0 Å². The summed E-state index contributed by atoms with van der Waals surface area (Å²) in [4.78, 5) is 20.2. The zero-order valence-electron chi connectivity index (χ0n) is 14.7. The van der Waals surface area contributed by atoms with Crippen LogP contribution in [0.2, 0.25) is 0 Å². The highest BCUT2D eigenvalue weighted by molar-refractivity contribution is 9.09. The monoisotopic (exact) mass is 434 g/mol. The number of fused-ring (bicyclic) bond motifs is 1. The molecule has 0 aliphatic heterocycles. The second-order valence-electron chi connectivity index (χ2n) is 5.95. The van der Waals surface area contributed by atoms with Gasteiger partial charge >= 0.3 is 0 Å². The largest absolute Gasteiger partial charge is 0.365 e. The number of hydrogen-bond acceptors (Lipinski definition) is 5. The fourth-order valence-electron chi connectivity index (χ4n) is 2.60. The van der Waals surface area contributed by atoms with E-state index in [4.69, 9.17) is 0 Å². The molecule has 142 valence electrons. The van der Waals surface area contributed by atoms with E-state index >= 15 is 0 Å². The van der Waals surface area contributed by atoms with Gasteiger partial charge in [0.15, 0.2) is 5.65 Å². The van der Waals surface area contributed by atoms with E-state index in [1.54, 1.807) is 23.0 Å². The topological polar surface area (TPSA) is 84.7 Å². The van der Waals surface area contributed by atoms with Gasteiger partial charge in [-0.15, -0.1) is 0 Å². The molecule has 0 aliphatic carbocycles. The number of rotatable bonds is 9. The Morgan fingerprint density at radius 3 is 2.81 bits per heavy atom. The average molecular weight is 435 g/mol. The predicted molar refractivity (Wildman–Crippen MR) is 105 cm³/mol. The van der Waals surface area contributed by atoms with Gasteiger partial charge in [-0.05, 0) is 24.1 Å². The number of nitrogens with zero attached hydrogens (tertiary/aromatic N) is 4. The van der Waals surface area contributed by atoms with Crippen LogP contribution >= 0.6 is 15.9 Å². The molecule has 3 rings (SSSR count). The second-order valence-corrected chi connectivity index (χ2v) is 6.74. The molecule has 0 unspecified atom stereocenters. The summed E-state index contributed by atoms with van der Waals surface area (Å²) >= 11 is 3.31. The third kappa shape index (κ3) is 5.22. The van der Waals surface area contributed by atoms with E-state index in [1.807, 2.05) is 0 Å². The first-order chi connectivity index (χ1) is 13.2. The lowest BCUT2D eigenvalue weighted by Crippen LogP contribution is -2.27. The molecule has 2 heterocycles. The molecule has 1 aromatic carbocycles. The van der Waals surface area contributed by atoms with E-state index in [2.05, 4.69) is 41.6 Å². The van der Waals surface area contributed by atoms with Crippen LogP contribution in [0.15, 0.2) is 36.8 Å². The molecule has 7 nitrogen and oxygen atoms in total. The Balaban J connectivity index is 1.62. The van der Waals surface area contributed by atoms with Crippen LogP contribution in [0.3, 0.4) is 0 Å². The van der Waals surface area contributed by atoms with Gasteiger partial charge in [-0.1, -0.05) is 28.1 Å². The molecule has 0 atom stereocenters. The second kappa shape index (κ2) is 9.40. The zero-order chi connectivity index (χ0) is 19.1. The lowest BCUT2D eigenvalue weighted by molar-refractivity contribution is -0.121. The van der Waals surface area contributed by atoms with Crippen LogP contribution in [0, 0.1) is 5.82 Å². The van der Waals surface area contributed by atoms with Crippen molar-refractivity contribution in [2.75, 3.05) is 17.2 Å². The van der Waals surface area contributed by atoms with Gasteiger partial charge in [0.05, 0.1) is 18.1 Å². The fourth-order valence-corrected chi connectivity index (χ4v) is 2.88. The molecular weight excluding hydrogens is 415 g/mol. The third-order valence-electron chi connectivity index (χ3n) is 3.99. The summed E-state index contributed by atoms with van der Waals surface area (Å²) in [5.74, 6) is 0.433. The number of anilines is 1. The molecule has 0 fully saturated rings. The third-order valence-corrected chi connectivity index (χ3v) is 4.55. The van der Waals surface area contributed by atoms with Crippen LogP contribution in [0.25, 0.3) is 11.0 Å². The molecule has 0 aliphatic rings. The predicted octanol–water partition coefficient (Wildman–Crippen LogP) is 2.87. The average Bonchev–Trinajstić information content (AvgIpc) is 3.10. The van der Waals surface area contributed by atoms with Crippen LogP contribution in [0.1, 0.15) is 18.4 Å². The van der Waals surface area contributed by atoms with Gasteiger partial charge in [0.25, 0.3) is 0 Å². The number of amides is 1. The van der Waals surface area contributed by atoms with Crippen molar-refractivity contribution in [3.8, 4) is 0 Å². The minimum atomic E-state index is -0.260. The van der Waals surface area contributed by atoms with Gasteiger partial charge in [-0.3, -0.25) is 4.79 Å². The number of benzene rings is 1. The normalized spacial score (nSPS) is 10.9. The Hall–Kier alpha value is -2.55. The number of carbonyl (C=O) groups excluding carboxylic acids is 1. The smallest absolute Gasteiger partial charge is 0.220 e.